The molecule has 4 aromatic rings. The first-order valence-corrected chi connectivity index (χ1v) is 7.75. The summed E-state index contributed by atoms with van der Waals surface area (Å²) >= 11 is 5.77. The minimum Gasteiger partial charge on any atom is -0.360 e. The van der Waals surface area contributed by atoms with Crippen molar-refractivity contribution in [3.8, 4) is 0 Å². The Morgan fingerprint density at radius 2 is 1.38 bits per heavy atom. The van der Waals surface area contributed by atoms with E-state index in [0.717, 1.165) is 39.9 Å². The van der Waals surface area contributed by atoms with Crippen LogP contribution >= 0.6 is 11.6 Å². The molecule has 4 nitrogen and oxygen atoms in total. The molecule has 24 heavy (non-hydrogen) atoms. The van der Waals surface area contributed by atoms with Crippen molar-refractivity contribution in [1.29, 1.82) is 0 Å². The second-order valence-electron chi connectivity index (χ2n) is 5.46. The number of hydrogen-bond donors (Lipinski definition) is 2. The lowest BCUT2D eigenvalue weighted by Crippen LogP contribution is -1.75. The van der Waals surface area contributed by atoms with Crippen LogP contribution in [0.15, 0.2) is 48.8 Å². The summed E-state index contributed by atoms with van der Waals surface area (Å²) in [5, 5.41) is 2.52. The molecule has 0 bridgehead atoms. The highest BCUT2D eigenvalue weighted by Crippen LogP contribution is 2.21. The number of carbonyl (C=O) groups is 2. The average molecular weight is 339 g/mol. The molecule has 0 saturated carbocycles. The van der Waals surface area contributed by atoms with E-state index in [1.54, 1.807) is 24.5 Å². The summed E-state index contributed by atoms with van der Waals surface area (Å²) in [5.41, 5.74) is 4.50. The van der Waals surface area contributed by atoms with Crippen molar-refractivity contribution < 1.29 is 9.59 Å². The lowest BCUT2D eigenvalue weighted by atomic mass is 10.1. The maximum atomic E-state index is 10.6. The van der Waals surface area contributed by atoms with Crippen molar-refractivity contribution in [2.45, 2.75) is 6.92 Å². The van der Waals surface area contributed by atoms with Crippen LogP contribution in [0.1, 0.15) is 26.3 Å². The Kier molecular flexibility index (Phi) is 4.49. The Morgan fingerprint density at radius 1 is 0.833 bits per heavy atom. The summed E-state index contributed by atoms with van der Waals surface area (Å²) in [5.74, 6) is 0. The molecule has 0 atom stereocenters. The van der Waals surface area contributed by atoms with E-state index in [2.05, 4.69) is 9.97 Å². The Labute approximate surface area is 143 Å². The second-order valence-corrected chi connectivity index (χ2v) is 5.90. The number of hydrogen-bond acceptors (Lipinski definition) is 2. The van der Waals surface area contributed by atoms with E-state index in [-0.39, 0.29) is 0 Å². The number of carbonyl (C=O) groups excluding carboxylic acids is 2. The predicted octanol–water partition coefficient (Wildman–Crippen LogP) is 4.92. The van der Waals surface area contributed by atoms with Crippen molar-refractivity contribution >= 4 is 46.0 Å². The third-order valence-electron chi connectivity index (χ3n) is 3.80. The third-order valence-corrected chi connectivity index (χ3v) is 4.03. The van der Waals surface area contributed by atoms with Crippen LogP contribution < -0.4 is 0 Å². The van der Waals surface area contributed by atoms with Gasteiger partial charge in [0.15, 0.2) is 12.6 Å². The van der Waals surface area contributed by atoms with Crippen molar-refractivity contribution in [1.82, 2.24) is 9.97 Å². The maximum Gasteiger partial charge on any atom is 0.152 e. The molecule has 0 unspecified atom stereocenters. The smallest absolute Gasteiger partial charge is 0.152 e. The molecule has 2 aromatic carbocycles. The van der Waals surface area contributed by atoms with E-state index < -0.39 is 0 Å². The fraction of sp³-hybridized carbons (Fsp3) is 0.0526. The molecule has 0 fully saturated rings. The monoisotopic (exact) mass is 338 g/mol. The number of aryl methyl sites for hydroxylation is 1. The van der Waals surface area contributed by atoms with E-state index in [9.17, 15) is 9.59 Å². The summed E-state index contributed by atoms with van der Waals surface area (Å²) in [6.45, 7) is 2.01. The normalized spacial score (nSPS) is 10.4. The van der Waals surface area contributed by atoms with Gasteiger partial charge in [-0.1, -0.05) is 23.2 Å². The fourth-order valence-electron chi connectivity index (χ4n) is 2.57. The van der Waals surface area contributed by atoms with Crippen molar-refractivity contribution in [3.05, 3.63) is 70.5 Å². The van der Waals surface area contributed by atoms with E-state index >= 15 is 0 Å². The Morgan fingerprint density at radius 3 is 1.96 bits per heavy atom. The molecule has 2 N–H and O–H groups in total. The van der Waals surface area contributed by atoms with Gasteiger partial charge in [-0.25, -0.2) is 0 Å². The maximum absolute atomic E-state index is 10.6. The minimum absolute atomic E-state index is 0.644. The molecule has 0 aliphatic rings. The number of H-pyrrole nitrogens is 2. The zero-order valence-corrected chi connectivity index (χ0v) is 13.7. The van der Waals surface area contributed by atoms with E-state index in [4.69, 9.17) is 11.6 Å². The second kappa shape index (κ2) is 6.72. The van der Waals surface area contributed by atoms with Crippen molar-refractivity contribution in [2.24, 2.45) is 0 Å². The molecule has 0 spiro atoms. The van der Waals surface area contributed by atoms with Gasteiger partial charge in [-0.15, -0.1) is 0 Å². The van der Waals surface area contributed by atoms with Crippen LogP contribution in [-0.2, 0) is 0 Å². The Hall–Kier alpha value is -2.85. The lowest BCUT2D eigenvalue weighted by molar-refractivity contribution is 0.111. The van der Waals surface area contributed by atoms with Gasteiger partial charge in [-0.3, -0.25) is 9.59 Å². The van der Waals surface area contributed by atoms with E-state index in [1.165, 1.54) is 5.56 Å². The van der Waals surface area contributed by atoms with Crippen LogP contribution in [0.5, 0.6) is 0 Å². The largest absolute Gasteiger partial charge is 0.360 e. The van der Waals surface area contributed by atoms with Crippen LogP contribution in [0.4, 0.5) is 0 Å². The lowest BCUT2D eigenvalue weighted by Gasteiger charge is -1.92. The molecule has 0 aliphatic heterocycles. The first-order valence-electron chi connectivity index (χ1n) is 7.37. The summed E-state index contributed by atoms with van der Waals surface area (Å²) in [6, 6.07) is 11.4. The zero-order chi connectivity index (χ0) is 17.1. The predicted molar refractivity (Wildman–Crippen MR) is 97.1 cm³/mol. The highest BCUT2D eigenvalue weighted by atomic mass is 35.5. The number of benzene rings is 2. The Balaban J connectivity index is 0.000000141. The topological polar surface area (TPSA) is 65.7 Å². The van der Waals surface area contributed by atoms with Crippen LogP contribution in [0.25, 0.3) is 21.8 Å². The SMILES string of the molecule is Cc1ccc2[nH]cc(C=O)c2c1.O=Cc1c[nH]c2ccc(Cl)cc12. The molecule has 5 heteroatoms. The van der Waals surface area contributed by atoms with Crippen LogP contribution in [-0.4, -0.2) is 22.5 Å². The number of aromatic amines is 2. The fourth-order valence-corrected chi connectivity index (χ4v) is 2.74. The van der Waals surface area contributed by atoms with Crippen LogP contribution in [0.2, 0.25) is 5.02 Å². The van der Waals surface area contributed by atoms with Crippen molar-refractivity contribution in [2.75, 3.05) is 0 Å². The third kappa shape index (κ3) is 3.09. The first kappa shape index (κ1) is 16.0. The van der Waals surface area contributed by atoms with E-state index in [0.29, 0.717) is 10.6 Å². The van der Waals surface area contributed by atoms with Gasteiger partial charge in [0.05, 0.1) is 0 Å². The summed E-state index contributed by atoms with van der Waals surface area (Å²) < 4.78 is 0. The first-order chi connectivity index (χ1) is 11.6. The van der Waals surface area contributed by atoms with Gasteiger partial charge in [0.25, 0.3) is 0 Å². The summed E-state index contributed by atoms with van der Waals surface area (Å²) in [7, 11) is 0. The van der Waals surface area contributed by atoms with Gasteiger partial charge in [0, 0.05) is 50.3 Å². The Bertz CT molecular complexity index is 946. The number of halogens is 1. The molecular weight excluding hydrogens is 324 g/mol. The molecule has 0 radical (unpaired) electrons. The number of nitrogens with one attached hydrogen (secondary N) is 2. The quantitative estimate of drug-likeness (QED) is 0.509. The number of aldehydes is 2. The number of rotatable bonds is 2. The molecular formula is C19H15ClN2O2. The summed E-state index contributed by atoms with van der Waals surface area (Å²) in [6.07, 6.45) is 5.10. The molecule has 0 aliphatic carbocycles. The summed E-state index contributed by atoms with van der Waals surface area (Å²) in [4.78, 5) is 27.1. The highest BCUT2D eigenvalue weighted by Gasteiger charge is 2.02. The van der Waals surface area contributed by atoms with Gasteiger partial charge >= 0.3 is 0 Å². The van der Waals surface area contributed by atoms with Gasteiger partial charge in [-0.05, 0) is 37.3 Å². The van der Waals surface area contributed by atoms with Gasteiger partial charge in [-0.2, -0.15) is 0 Å². The van der Waals surface area contributed by atoms with Crippen molar-refractivity contribution in [3.63, 3.8) is 0 Å². The molecule has 4 rings (SSSR count). The van der Waals surface area contributed by atoms with Crippen LogP contribution in [0.3, 0.4) is 0 Å². The van der Waals surface area contributed by atoms with Gasteiger partial charge in [0.2, 0.25) is 0 Å². The highest BCUT2D eigenvalue weighted by molar-refractivity contribution is 6.31. The molecule has 120 valence electrons. The number of fused-ring (bicyclic) bond motifs is 2. The van der Waals surface area contributed by atoms with Crippen LogP contribution in [0, 0.1) is 6.92 Å². The van der Waals surface area contributed by atoms with E-state index in [1.807, 2.05) is 31.2 Å². The van der Waals surface area contributed by atoms with Gasteiger partial charge in [0.1, 0.15) is 0 Å². The molecule has 0 saturated heterocycles. The molecule has 2 aromatic heterocycles. The number of aromatic nitrogens is 2. The van der Waals surface area contributed by atoms with Gasteiger partial charge < -0.3 is 9.97 Å². The standard InChI is InChI=1S/C10H9NO.C9H6ClNO/c1-7-2-3-10-9(4-7)8(6-12)5-11-10;10-7-1-2-9-8(3-7)6(5-12)4-11-9/h2-6,11H,1H3;1-5,11H. The molecule has 2 heterocycles. The minimum atomic E-state index is 0.644. The zero-order valence-electron chi connectivity index (χ0n) is 13.0. The average Bonchev–Trinajstić information content (AvgIpc) is 3.17. The molecule has 0 amide bonds.